The lowest BCUT2D eigenvalue weighted by Gasteiger charge is -1.98. The molecule has 0 radical (unpaired) electrons. The Balaban J connectivity index is 2.25. The summed E-state index contributed by atoms with van der Waals surface area (Å²) in [6, 6.07) is 9.79. The molecule has 0 N–H and O–H groups in total. The van der Waals surface area contributed by atoms with E-state index in [0.717, 1.165) is 0 Å². The van der Waals surface area contributed by atoms with Crippen molar-refractivity contribution in [2.45, 2.75) is 0 Å². The van der Waals surface area contributed by atoms with Crippen molar-refractivity contribution >= 4 is 39.2 Å². The number of nitro benzene ring substituents is 2. The van der Waals surface area contributed by atoms with Crippen LogP contribution in [0.25, 0.3) is 6.08 Å². The number of benzene rings is 2. The largest absolute Gasteiger partial charge is 0.289 e. The van der Waals surface area contributed by atoms with Gasteiger partial charge in [-0.15, -0.1) is 0 Å². The first-order chi connectivity index (χ1) is 10.9. The second-order valence-corrected chi connectivity index (χ2v) is 5.33. The molecule has 0 atom stereocenters. The standard InChI is InChI=1S/C15H9BrN2O5/c16-13-6-4-10(8-14(13)18(22)23)5-7-15(19)11-2-1-3-12(9-11)17(20)21/h1-9H/b7-5+. The topological polar surface area (TPSA) is 103 Å². The van der Waals surface area contributed by atoms with Gasteiger partial charge in [-0.05, 0) is 33.6 Å². The normalized spacial score (nSPS) is 10.7. The van der Waals surface area contributed by atoms with Gasteiger partial charge in [0.1, 0.15) is 0 Å². The average Bonchev–Trinajstić information content (AvgIpc) is 2.53. The predicted octanol–water partition coefficient (Wildman–Crippen LogP) is 4.16. The number of halogens is 1. The molecule has 0 aliphatic carbocycles. The summed E-state index contributed by atoms with van der Waals surface area (Å²) < 4.78 is 0.338. The van der Waals surface area contributed by atoms with Gasteiger partial charge >= 0.3 is 0 Å². The van der Waals surface area contributed by atoms with Crippen molar-refractivity contribution in [3.05, 3.63) is 84.4 Å². The minimum Gasteiger partial charge on any atom is -0.289 e. The van der Waals surface area contributed by atoms with Crippen molar-refractivity contribution in [1.29, 1.82) is 0 Å². The zero-order chi connectivity index (χ0) is 17.0. The molecule has 0 heterocycles. The molecule has 0 saturated carbocycles. The Morgan fingerprint density at radius 3 is 2.43 bits per heavy atom. The van der Waals surface area contributed by atoms with Crippen LogP contribution >= 0.6 is 15.9 Å². The van der Waals surface area contributed by atoms with Crippen LogP contribution < -0.4 is 0 Å². The summed E-state index contributed by atoms with van der Waals surface area (Å²) in [5.74, 6) is -0.431. The highest BCUT2D eigenvalue weighted by Gasteiger charge is 2.12. The lowest BCUT2D eigenvalue weighted by Crippen LogP contribution is -1.96. The summed E-state index contributed by atoms with van der Waals surface area (Å²) in [6.07, 6.45) is 2.63. The minimum atomic E-state index is -0.585. The number of carbonyl (C=O) groups is 1. The first kappa shape index (κ1) is 16.5. The van der Waals surface area contributed by atoms with E-state index in [-0.39, 0.29) is 16.9 Å². The molecule has 0 aliphatic rings. The van der Waals surface area contributed by atoms with Gasteiger partial charge in [-0.25, -0.2) is 0 Å². The third kappa shape index (κ3) is 4.07. The van der Waals surface area contributed by atoms with Gasteiger partial charge < -0.3 is 0 Å². The molecular weight excluding hydrogens is 368 g/mol. The lowest BCUT2D eigenvalue weighted by atomic mass is 10.1. The van der Waals surface area contributed by atoms with E-state index in [1.54, 1.807) is 6.07 Å². The molecule has 2 aromatic rings. The van der Waals surface area contributed by atoms with E-state index < -0.39 is 15.6 Å². The van der Waals surface area contributed by atoms with Gasteiger partial charge in [0.2, 0.25) is 0 Å². The Morgan fingerprint density at radius 1 is 1.04 bits per heavy atom. The van der Waals surface area contributed by atoms with Crippen molar-refractivity contribution in [3.8, 4) is 0 Å². The van der Waals surface area contributed by atoms with Crippen LogP contribution in [0.4, 0.5) is 11.4 Å². The SMILES string of the molecule is O=C(/C=C/c1ccc(Br)c([N+](=O)[O-])c1)c1cccc([N+](=O)[O-])c1. The first-order valence-electron chi connectivity index (χ1n) is 6.29. The summed E-state index contributed by atoms with van der Waals surface area (Å²) in [4.78, 5) is 32.5. The monoisotopic (exact) mass is 376 g/mol. The summed E-state index contributed by atoms with van der Waals surface area (Å²) in [5, 5.41) is 21.6. The number of hydrogen-bond acceptors (Lipinski definition) is 5. The molecule has 0 aliphatic heterocycles. The molecule has 0 bridgehead atoms. The molecule has 7 nitrogen and oxygen atoms in total. The van der Waals surface area contributed by atoms with Crippen LogP contribution in [-0.4, -0.2) is 15.6 Å². The van der Waals surface area contributed by atoms with E-state index in [2.05, 4.69) is 15.9 Å². The molecule has 0 unspecified atom stereocenters. The molecule has 2 rings (SSSR count). The molecule has 0 amide bonds. The average molecular weight is 377 g/mol. The fraction of sp³-hybridized carbons (Fsp3) is 0. The highest BCUT2D eigenvalue weighted by Crippen LogP contribution is 2.26. The molecule has 0 spiro atoms. The van der Waals surface area contributed by atoms with Crippen LogP contribution in [0, 0.1) is 20.2 Å². The Bertz CT molecular complexity index is 832. The van der Waals surface area contributed by atoms with Gasteiger partial charge in [0, 0.05) is 23.8 Å². The first-order valence-corrected chi connectivity index (χ1v) is 7.08. The van der Waals surface area contributed by atoms with Gasteiger partial charge in [-0.3, -0.25) is 25.0 Å². The van der Waals surface area contributed by atoms with Crippen LogP contribution in [0.2, 0.25) is 0 Å². The van der Waals surface area contributed by atoms with Gasteiger partial charge in [-0.2, -0.15) is 0 Å². The van der Waals surface area contributed by atoms with Crippen molar-refractivity contribution < 1.29 is 14.6 Å². The van der Waals surface area contributed by atoms with Gasteiger partial charge in [0.25, 0.3) is 11.4 Å². The van der Waals surface area contributed by atoms with E-state index in [4.69, 9.17) is 0 Å². The van der Waals surface area contributed by atoms with E-state index in [9.17, 15) is 25.0 Å². The number of allylic oxidation sites excluding steroid dienone is 1. The number of rotatable bonds is 5. The zero-order valence-corrected chi connectivity index (χ0v) is 13.1. The molecule has 0 fully saturated rings. The maximum atomic E-state index is 12.0. The number of nitrogens with zero attached hydrogens (tertiary/aromatic N) is 2. The van der Waals surface area contributed by atoms with Crippen LogP contribution in [0.5, 0.6) is 0 Å². The smallest absolute Gasteiger partial charge is 0.284 e. The number of nitro groups is 2. The summed E-state index contributed by atoms with van der Waals surface area (Å²) in [6.45, 7) is 0. The van der Waals surface area contributed by atoms with Crippen molar-refractivity contribution in [3.63, 3.8) is 0 Å². The van der Waals surface area contributed by atoms with E-state index in [1.165, 1.54) is 48.6 Å². The summed E-state index contributed by atoms with van der Waals surface area (Å²) >= 11 is 3.07. The maximum Gasteiger partial charge on any atom is 0.284 e. The van der Waals surface area contributed by atoms with E-state index in [1.807, 2.05) is 0 Å². The molecule has 0 aromatic heterocycles. The molecule has 23 heavy (non-hydrogen) atoms. The predicted molar refractivity (Wildman–Crippen MR) is 87.3 cm³/mol. The van der Waals surface area contributed by atoms with Gasteiger partial charge in [-0.1, -0.05) is 24.3 Å². The lowest BCUT2D eigenvalue weighted by molar-refractivity contribution is -0.385. The molecular formula is C15H9BrN2O5. The molecule has 2 aromatic carbocycles. The Kier molecular flexibility index (Phi) is 4.97. The third-order valence-electron chi connectivity index (χ3n) is 2.94. The van der Waals surface area contributed by atoms with Crippen LogP contribution in [-0.2, 0) is 0 Å². The minimum absolute atomic E-state index is 0.116. The van der Waals surface area contributed by atoms with Crippen LogP contribution in [0.1, 0.15) is 15.9 Å². The highest BCUT2D eigenvalue weighted by atomic mass is 79.9. The Morgan fingerprint density at radius 2 is 1.78 bits per heavy atom. The summed E-state index contributed by atoms with van der Waals surface area (Å²) in [7, 11) is 0. The summed E-state index contributed by atoms with van der Waals surface area (Å²) in [5.41, 5.74) is 0.346. The third-order valence-corrected chi connectivity index (χ3v) is 3.61. The maximum absolute atomic E-state index is 12.0. The number of hydrogen-bond donors (Lipinski definition) is 0. The van der Waals surface area contributed by atoms with Crippen LogP contribution in [0.15, 0.2) is 53.0 Å². The van der Waals surface area contributed by atoms with E-state index in [0.29, 0.717) is 10.0 Å². The van der Waals surface area contributed by atoms with Gasteiger partial charge in [0.05, 0.1) is 14.3 Å². The fourth-order valence-electron chi connectivity index (χ4n) is 1.81. The molecule has 0 saturated heterocycles. The number of ketones is 1. The van der Waals surface area contributed by atoms with Crippen molar-refractivity contribution in [2.75, 3.05) is 0 Å². The second kappa shape index (κ2) is 6.93. The quantitative estimate of drug-likeness (QED) is 0.337. The van der Waals surface area contributed by atoms with Gasteiger partial charge in [0.15, 0.2) is 5.78 Å². The van der Waals surface area contributed by atoms with Crippen LogP contribution in [0.3, 0.4) is 0 Å². The van der Waals surface area contributed by atoms with Crippen molar-refractivity contribution in [1.82, 2.24) is 0 Å². The Hall–Kier alpha value is -2.87. The fourth-order valence-corrected chi connectivity index (χ4v) is 2.21. The number of non-ortho nitro benzene ring substituents is 1. The Labute approximate surface area is 138 Å². The van der Waals surface area contributed by atoms with Crippen molar-refractivity contribution in [2.24, 2.45) is 0 Å². The molecule has 8 heteroatoms. The molecule has 116 valence electrons. The zero-order valence-electron chi connectivity index (χ0n) is 11.5. The second-order valence-electron chi connectivity index (χ2n) is 4.47. The highest BCUT2D eigenvalue weighted by molar-refractivity contribution is 9.10. The number of carbonyl (C=O) groups excluding carboxylic acids is 1. The van der Waals surface area contributed by atoms with E-state index >= 15 is 0 Å².